The molecule has 0 amide bonds. The molecule has 2 aromatic heterocycles. The van der Waals surface area contributed by atoms with E-state index in [-0.39, 0.29) is 0 Å². The van der Waals surface area contributed by atoms with Crippen LogP contribution in [-0.4, -0.2) is 34.6 Å². The molecule has 0 spiro atoms. The maximum absolute atomic E-state index is 5.38. The Hall–Kier alpha value is -3.02. The van der Waals surface area contributed by atoms with E-state index >= 15 is 0 Å². The second kappa shape index (κ2) is 6.17. The third kappa shape index (κ3) is 2.58. The van der Waals surface area contributed by atoms with E-state index in [1.54, 1.807) is 26.5 Å². The van der Waals surface area contributed by atoms with Crippen LogP contribution in [0.1, 0.15) is 0 Å². The highest BCUT2D eigenvalue weighted by atomic mass is 16.5. The Morgan fingerprint density at radius 1 is 0.864 bits per heavy atom. The highest BCUT2D eigenvalue weighted by Crippen LogP contribution is 2.37. The molecule has 1 radical (unpaired) electrons. The summed E-state index contributed by atoms with van der Waals surface area (Å²) in [5.41, 5.74) is 2.84. The number of rotatable bonds is 4. The molecule has 0 atom stereocenters. The summed E-state index contributed by atoms with van der Waals surface area (Å²) in [6, 6.07) is 11.1. The lowest BCUT2D eigenvalue weighted by Gasteiger charge is -2.12. The number of aromatic nitrogens is 4. The van der Waals surface area contributed by atoms with Crippen LogP contribution in [-0.2, 0) is 0 Å². The van der Waals surface area contributed by atoms with E-state index in [9.17, 15) is 0 Å². The van der Waals surface area contributed by atoms with Gasteiger partial charge in [-0.1, -0.05) is 6.07 Å². The van der Waals surface area contributed by atoms with Crippen molar-refractivity contribution in [1.82, 2.24) is 20.4 Å². The highest BCUT2D eigenvalue weighted by Gasteiger charge is 2.14. The highest BCUT2D eigenvalue weighted by molar-refractivity contribution is 5.74. The maximum Gasteiger partial charge on any atom is 0.132 e. The van der Waals surface area contributed by atoms with Crippen molar-refractivity contribution in [3.8, 4) is 34.0 Å². The van der Waals surface area contributed by atoms with Crippen molar-refractivity contribution >= 4 is 0 Å². The van der Waals surface area contributed by atoms with Crippen LogP contribution >= 0.6 is 0 Å². The summed E-state index contributed by atoms with van der Waals surface area (Å²) in [4.78, 5) is 0. The van der Waals surface area contributed by atoms with Gasteiger partial charge in [0.2, 0.25) is 0 Å². The Kier molecular flexibility index (Phi) is 3.91. The minimum Gasteiger partial charge on any atom is -0.496 e. The van der Waals surface area contributed by atoms with Crippen LogP contribution in [0.3, 0.4) is 0 Å². The van der Waals surface area contributed by atoms with Crippen LogP contribution < -0.4 is 9.47 Å². The van der Waals surface area contributed by atoms with Gasteiger partial charge in [0.05, 0.1) is 31.7 Å². The van der Waals surface area contributed by atoms with Crippen molar-refractivity contribution in [2.75, 3.05) is 14.2 Å². The summed E-state index contributed by atoms with van der Waals surface area (Å²) in [6.45, 7) is 0. The Balaban J connectivity index is 2.04. The summed E-state index contributed by atoms with van der Waals surface area (Å²) in [5.74, 6) is 1.36. The Morgan fingerprint density at radius 2 is 1.55 bits per heavy atom. The van der Waals surface area contributed by atoms with Gasteiger partial charge in [-0.2, -0.15) is 5.10 Å². The molecule has 3 aromatic rings. The molecule has 22 heavy (non-hydrogen) atoms. The van der Waals surface area contributed by atoms with E-state index in [4.69, 9.17) is 9.47 Å². The standard InChI is InChI=1S/C16H13N4O2/c1-21-14-4-3-5-15(22-2)16(14)13-7-6-12(19-20-13)11-8-9-17-18-10-11/h3-9H,1-2H3. The number of nitrogens with zero attached hydrogens (tertiary/aromatic N) is 4. The molecule has 0 fully saturated rings. The first-order chi connectivity index (χ1) is 10.8. The molecule has 0 saturated carbocycles. The summed E-state index contributed by atoms with van der Waals surface area (Å²) in [5, 5.41) is 15.9. The van der Waals surface area contributed by atoms with E-state index in [1.165, 1.54) is 0 Å². The smallest absolute Gasteiger partial charge is 0.132 e. The fourth-order valence-corrected chi connectivity index (χ4v) is 2.12. The largest absolute Gasteiger partial charge is 0.496 e. The number of hydrogen-bond donors (Lipinski definition) is 0. The Bertz CT molecular complexity index is 739. The van der Waals surface area contributed by atoms with Crippen molar-refractivity contribution in [3.05, 3.63) is 48.8 Å². The van der Waals surface area contributed by atoms with E-state index < -0.39 is 0 Å². The van der Waals surface area contributed by atoms with Gasteiger partial charge in [-0.05, 0) is 30.3 Å². The molecule has 6 nitrogen and oxygen atoms in total. The molecule has 1 aromatic carbocycles. The van der Waals surface area contributed by atoms with Crippen molar-refractivity contribution in [1.29, 1.82) is 0 Å². The average molecular weight is 293 g/mol. The molecule has 2 heterocycles. The summed E-state index contributed by atoms with van der Waals surface area (Å²) in [6.07, 6.45) is 4.36. The fourth-order valence-electron chi connectivity index (χ4n) is 2.12. The van der Waals surface area contributed by atoms with Crippen molar-refractivity contribution < 1.29 is 9.47 Å². The first-order valence-corrected chi connectivity index (χ1v) is 6.58. The predicted octanol–water partition coefficient (Wildman–Crippen LogP) is 2.42. The van der Waals surface area contributed by atoms with E-state index in [2.05, 4.69) is 26.6 Å². The van der Waals surface area contributed by atoms with Gasteiger partial charge < -0.3 is 9.47 Å². The number of benzene rings is 1. The van der Waals surface area contributed by atoms with Crippen LogP contribution in [0.5, 0.6) is 11.5 Å². The van der Waals surface area contributed by atoms with Gasteiger partial charge in [-0.25, -0.2) is 0 Å². The summed E-state index contributed by atoms with van der Waals surface area (Å²) >= 11 is 0. The SMILES string of the molecule is COc1cccc(OC)c1-c1ccc(-c2[c]nncc2)nn1. The van der Waals surface area contributed by atoms with E-state index in [0.29, 0.717) is 22.9 Å². The molecule has 109 valence electrons. The van der Waals surface area contributed by atoms with Crippen molar-refractivity contribution in [2.45, 2.75) is 0 Å². The number of methoxy groups -OCH3 is 2. The molecular formula is C16H13N4O2. The molecule has 0 aliphatic carbocycles. The molecule has 0 aliphatic rings. The third-order valence-electron chi connectivity index (χ3n) is 3.16. The normalized spacial score (nSPS) is 10.3. The van der Waals surface area contributed by atoms with Gasteiger partial charge in [0.1, 0.15) is 23.4 Å². The van der Waals surface area contributed by atoms with Crippen molar-refractivity contribution in [2.24, 2.45) is 0 Å². The minimum atomic E-state index is 0.667. The van der Waals surface area contributed by atoms with Gasteiger partial charge in [0.15, 0.2) is 0 Å². The van der Waals surface area contributed by atoms with Crippen LogP contribution in [0.4, 0.5) is 0 Å². The van der Waals surface area contributed by atoms with Crippen molar-refractivity contribution in [3.63, 3.8) is 0 Å². The summed E-state index contributed by atoms with van der Waals surface area (Å²) < 4.78 is 10.8. The first kappa shape index (κ1) is 13.9. The second-order valence-corrected chi connectivity index (χ2v) is 4.40. The Morgan fingerprint density at radius 3 is 2.09 bits per heavy atom. The van der Waals surface area contributed by atoms with Gasteiger partial charge in [0.25, 0.3) is 0 Å². The van der Waals surface area contributed by atoms with Crippen LogP contribution in [0.15, 0.2) is 42.6 Å². The molecular weight excluding hydrogens is 280 g/mol. The molecule has 3 rings (SSSR count). The zero-order valence-corrected chi connectivity index (χ0v) is 12.1. The van der Waals surface area contributed by atoms with Crippen LogP contribution in [0.25, 0.3) is 22.5 Å². The molecule has 0 bridgehead atoms. The molecule has 6 heteroatoms. The minimum absolute atomic E-state index is 0.667. The fraction of sp³-hybridized carbons (Fsp3) is 0.125. The lowest BCUT2D eigenvalue weighted by Crippen LogP contribution is -1.97. The lowest BCUT2D eigenvalue weighted by atomic mass is 10.1. The van der Waals surface area contributed by atoms with Gasteiger partial charge in [-0.15, -0.1) is 15.3 Å². The van der Waals surface area contributed by atoms with E-state index in [0.717, 1.165) is 11.1 Å². The predicted molar refractivity (Wildman–Crippen MR) is 80.4 cm³/mol. The third-order valence-corrected chi connectivity index (χ3v) is 3.16. The van der Waals surface area contributed by atoms with E-state index in [1.807, 2.05) is 30.3 Å². The zero-order chi connectivity index (χ0) is 15.4. The molecule has 0 N–H and O–H groups in total. The van der Waals surface area contributed by atoms with Crippen LogP contribution in [0, 0.1) is 6.20 Å². The van der Waals surface area contributed by atoms with Gasteiger partial charge in [-0.3, -0.25) is 0 Å². The lowest BCUT2D eigenvalue weighted by molar-refractivity contribution is 0.397. The quantitative estimate of drug-likeness (QED) is 0.735. The van der Waals surface area contributed by atoms with Crippen LogP contribution in [0.2, 0.25) is 0 Å². The zero-order valence-electron chi connectivity index (χ0n) is 12.1. The van der Waals surface area contributed by atoms with Gasteiger partial charge in [0, 0.05) is 5.56 Å². The molecule has 0 unspecified atom stereocenters. The first-order valence-electron chi connectivity index (χ1n) is 6.58. The number of hydrogen-bond acceptors (Lipinski definition) is 6. The average Bonchev–Trinajstić information content (AvgIpc) is 2.62. The molecule has 0 saturated heterocycles. The summed E-state index contributed by atoms with van der Waals surface area (Å²) in [7, 11) is 3.22. The Labute approximate surface area is 127 Å². The van der Waals surface area contributed by atoms with Gasteiger partial charge >= 0.3 is 0 Å². The molecule has 0 aliphatic heterocycles. The monoisotopic (exact) mass is 293 g/mol. The maximum atomic E-state index is 5.38. The number of ether oxygens (including phenoxy) is 2. The topological polar surface area (TPSA) is 70.0 Å². The second-order valence-electron chi connectivity index (χ2n) is 4.40.